The number of carbonyl (C=O) groups excluding carboxylic acids is 1. The molecule has 0 spiro atoms. The minimum atomic E-state index is 0.0208. The fourth-order valence-corrected chi connectivity index (χ4v) is 1.36. The molecule has 0 aliphatic carbocycles. The lowest BCUT2D eigenvalue weighted by molar-refractivity contribution is -0.124. The van der Waals surface area contributed by atoms with Crippen LogP contribution < -0.4 is 11.1 Å². The summed E-state index contributed by atoms with van der Waals surface area (Å²) >= 11 is 0. The Morgan fingerprint density at radius 2 is 2.00 bits per heavy atom. The molecule has 0 aromatic heterocycles. The summed E-state index contributed by atoms with van der Waals surface area (Å²) in [6.45, 7) is 3.46. The topological polar surface area (TPSA) is 75.4 Å². The summed E-state index contributed by atoms with van der Waals surface area (Å²) in [7, 11) is 0. The van der Waals surface area contributed by atoms with Gasteiger partial charge in [-0.25, -0.2) is 0 Å². The van der Waals surface area contributed by atoms with Gasteiger partial charge in [0.15, 0.2) is 0 Å². The molecule has 0 radical (unpaired) electrons. The molecule has 15 heavy (non-hydrogen) atoms. The summed E-state index contributed by atoms with van der Waals surface area (Å²) < 4.78 is 0. The van der Waals surface area contributed by atoms with Crippen LogP contribution in [0.4, 0.5) is 0 Å². The second kappa shape index (κ2) is 9.93. The minimum absolute atomic E-state index is 0.0208. The molecule has 4 N–H and O–H groups in total. The van der Waals surface area contributed by atoms with Crippen LogP contribution in [0.3, 0.4) is 0 Å². The first kappa shape index (κ1) is 14.4. The summed E-state index contributed by atoms with van der Waals surface area (Å²) in [5.41, 5.74) is 5.37. The molecule has 0 saturated heterocycles. The van der Waals surface area contributed by atoms with Gasteiger partial charge in [0.1, 0.15) is 0 Å². The molecule has 0 heterocycles. The van der Waals surface area contributed by atoms with Crippen LogP contribution in [0.25, 0.3) is 0 Å². The zero-order chi connectivity index (χ0) is 11.5. The molecule has 0 aliphatic heterocycles. The lowest BCUT2D eigenvalue weighted by Crippen LogP contribution is -2.31. The Bertz CT molecular complexity index is 163. The number of rotatable bonds is 9. The van der Waals surface area contributed by atoms with E-state index >= 15 is 0 Å². The third-order valence-corrected chi connectivity index (χ3v) is 2.43. The highest BCUT2D eigenvalue weighted by Gasteiger charge is 2.10. The smallest absolute Gasteiger partial charge is 0.222 e. The highest BCUT2D eigenvalue weighted by molar-refractivity contribution is 5.78. The van der Waals surface area contributed by atoms with Gasteiger partial charge in [0, 0.05) is 19.1 Å². The number of amides is 1. The van der Waals surface area contributed by atoms with Gasteiger partial charge in [-0.3, -0.25) is 4.79 Å². The second-order valence-corrected chi connectivity index (χ2v) is 3.91. The van der Waals surface area contributed by atoms with Crippen LogP contribution in [0, 0.1) is 5.92 Å². The van der Waals surface area contributed by atoms with E-state index in [9.17, 15) is 4.79 Å². The van der Waals surface area contributed by atoms with Gasteiger partial charge in [-0.15, -0.1) is 0 Å². The van der Waals surface area contributed by atoms with Gasteiger partial charge < -0.3 is 16.2 Å². The highest BCUT2D eigenvalue weighted by Crippen LogP contribution is 2.01. The van der Waals surface area contributed by atoms with Crippen molar-refractivity contribution in [3.63, 3.8) is 0 Å². The maximum atomic E-state index is 11.4. The highest BCUT2D eigenvalue weighted by atomic mass is 16.2. The van der Waals surface area contributed by atoms with Gasteiger partial charge in [0.2, 0.25) is 5.91 Å². The fourth-order valence-electron chi connectivity index (χ4n) is 1.36. The van der Waals surface area contributed by atoms with Crippen molar-refractivity contribution in [3.05, 3.63) is 0 Å². The second-order valence-electron chi connectivity index (χ2n) is 3.91. The fraction of sp³-hybridized carbons (Fsp3) is 0.909. The first-order chi connectivity index (χ1) is 7.22. The number of aliphatic hydroxyl groups is 1. The van der Waals surface area contributed by atoms with Crippen molar-refractivity contribution in [2.75, 3.05) is 19.7 Å². The van der Waals surface area contributed by atoms with Crippen molar-refractivity contribution in [3.8, 4) is 0 Å². The SMILES string of the molecule is CC(CCN)C(=O)NCCCCCCO. The van der Waals surface area contributed by atoms with Crippen molar-refractivity contribution in [2.24, 2.45) is 11.7 Å². The first-order valence-electron chi connectivity index (χ1n) is 5.81. The van der Waals surface area contributed by atoms with Crippen molar-refractivity contribution >= 4 is 5.91 Å². The maximum absolute atomic E-state index is 11.4. The van der Waals surface area contributed by atoms with Crippen molar-refractivity contribution in [1.82, 2.24) is 5.32 Å². The van der Waals surface area contributed by atoms with Crippen LogP contribution in [0.2, 0.25) is 0 Å². The first-order valence-corrected chi connectivity index (χ1v) is 5.81. The summed E-state index contributed by atoms with van der Waals surface area (Å²) in [5.74, 6) is 0.120. The molecular formula is C11H24N2O2. The Balaban J connectivity index is 3.30. The van der Waals surface area contributed by atoms with Gasteiger partial charge in [-0.05, 0) is 25.8 Å². The van der Waals surface area contributed by atoms with E-state index in [0.717, 1.165) is 38.6 Å². The minimum Gasteiger partial charge on any atom is -0.396 e. The molecule has 0 aromatic rings. The number of nitrogens with two attached hydrogens (primary N) is 1. The maximum Gasteiger partial charge on any atom is 0.222 e. The van der Waals surface area contributed by atoms with Crippen LogP contribution in [-0.2, 0) is 4.79 Å². The standard InChI is InChI=1S/C11H24N2O2/c1-10(6-7-12)11(15)13-8-4-2-3-5-9-14/h10,14H,2-9,12H2,1H3,(H,13,15). The predicted octanol–water partition coefficient (Wildman–Crippen LogP) is 0.640. The van der Waals surface area contributed by atoms with E-state index in [1.165, 1.54) is 0 Å². The molecule has 1 unspecified atom stereocenters. The monoisotopic (exact) mass is 216 g/mol. The molecule has 4 heteroatoms. The van der Waals surface area contributed by atoms with Crippen LogP contribution in [0.15, 0.2) is 0 Å². The summed E-state index contributed by atoms with van der Waals surface area (Å²) in [6, 6.07) is 0. The van der Waals surface area contributed by atoms with Gasteiger partial charge in [-0.1, -0.05) is 19.8 Å². The van der Waals surface area contributed by atoms with E-state index < -0.39 is 0 Å². The van der Waals surface area contributed by atoms with Crippen LogP contribution >= 0.6 is 0 Å². The molecule has 0 aromatic carbocycles. The van der Waals surface area contributed by atoms with Gasteiger partial charge in [0.25, 0.3) is 0 Å². The Kier molecular flexibility index (Phi) is 9.52. The van der Waals surface area contributed by atoms with Crippen molar-refractivity contribution < 1.29 is 9.90 Å². The Morgan fingerprint density at radius 1 is 1.33 bits per heavy atom. The third-order valence-electron chi connectivity index (χ3n) is 2.43. The normalized spacial score (nSPS) is 12.5. The Morgan fingerprint density at radius 3 is 2.60 bits per heavy atom. The average molecular weight is 216 g/mol. The number of carbonyl (C=O) groups is 1. The van der Waals surface area contributed by atoms with Crippen LogP contribution in [0.5, 0.6) is 0 Å². The van der Waals surface area contributed by atoms with Crippen LogP contribution in [0.1, 0.15) is 39.0 Å². The van der Waals surface area contributed by atoms with Crippen molar-refractivity contribution in [1.29, 1.82) is 0 Å². The average Bonchev–Trinajstić information content (AvgIpc) is 2.23. The molecule has 90 valence electrons. The summed E-state index contributed by atoms with van der Waals surface area (Å²) in [6.07, 6.45) is 4.69. The van der Waals surface area contributed by atoms with E-state index in [4.69, 9.17) is 10.8 Å². The molecule has 0 aliphatic rings. The van der Waals surface area contributed by atoms with Crippen molar-refractivity contribution in [2.45, 2.75) is 39.0 Å². The largest absolute Gasteiger partial charge is 0.396 e. The summed E-state index contributed by atoms with van der Waals surface area (Å²) in [4.78, 5) is 11.4. The third kappa shape index (κ3) is 8.39. The van der Waals surface area contributed by atoms with Gasteiger partial charge in [0.05, 0.1) is 0 Å². The molecule has 0 rings (SSSR count). The zero-order valence-corrected chi connectivity index (χ0v) is 9.67. The lowest BCUT2D eigenvalue weighted by atomic mass is 10.1. The summed E-state index contributed by atoms with van der Waals surface area (Å²) in [5, 5.41) is 11.4. The zero-order valence-electron chi connectivity index (χ0n) is 9.67. The number of hydrogen-bond donors (Lipinski definition) is 3. The van der Waals surface area contributed by atoms with Gasteiger partial charge >= 0.3 is 0 Å². The quantitative estimate of drug-likeness (QED) is 0.495. The molecule has 1 atom stereocenters. The number of hydrogen-bond acceptors (Lipinski definition) is 3. The number of unbranched alkanes of at least 4 members (excludes halogenated alkanes) is 3. The van der Waals surface area contributed by atoms with E-state index in [0.29, 0.717) is 6.54 Å². The van der Waals surface area contributed by atoms with E-state index in [2.05, 4.69) is 5.32 Å². The van der Waals surface area contributed by atoms with Crippen LogP contribution in [-0.4, -0.2) is 30.7 Å². The predicted molar refractivity (Wildman–Crippen MR) is 61.4 cm³/mol. The Hall–Kier alpha value is -0.610. The molecule has 0 saturated carbocycles. The molecule has 0 fully saturated rings. The Labute approximate surface area is 92.2 Å². The van der Waals surface area contributed by atoms with E-state index in [1.807, 2.05) is 6.92 Å². The van der Waals surface area contributed by atoms with E-state index in [1.54, 1.807) is 0 Å². The number of nitrogens with one attached hydrogen (secondary N) is 1. The molecule has 0 bridgehead atoms. The van der Waals surface area contributed by atoms with Gasteiger partial charge in [-0.2, -0.15) is 0 Å². The molecular weight excluding hydrogens is 192 g/mol. The van der Waals surface area contributed by atoms with E-state index in [-0.39, 0.29) is 18.4 Å². The molecule has 1 amide bonds. The molecule has 4 nitrogen and oxygen atoms in total. The lowest BCUT2D eigenvalue weighted by Gasteiger charge is -2.10. The number of aliphatic hydroxyl groups excluding tert-OH is 1.